The van der Waals surface area contributed by atoms with Gasteiger partial charge in [0, 0.05) is 24.0 Å². The first kappa shape index (κ1) is 19.0. The number of fused-ring (bicyclic) bond motifs is 2. The Kier molecular flexibility index (Phi) is 4.33. The number of pyridine rings is 1. The van der Waals surface area contributed by atoms with Crippen molar-refractivity contribution in [3.05, 3.63) is 47.7 Å². The van der Waals surface area contributed by atoms with Gasteiger partial charge in [0.1, 0.15) is 28.3 Å². The van der Waals surface area contributed by atoms with Crippen molar-refractivity contribution in [3.8, 4) is 35.2 Å². The normalized spacial score (nSPS) is 13.3. The maximum Gasteiger partial charge on any atom is 0.232 e. The van der Waals surface area contributed by atoms with Gasteiger partial charge in [0.15, 0.2) is 11.6 Å². The SMILES string of the molecule is C#Cc1c(F)ccc2cc(O)cc(-c3nc(N4CCC4)c4ncc(OC)nc4c3F)c12. The second-order valence-corrected chi connectivity index (χ2v) is 7.21. The van der Waals surface area contributed by atoms with Crippen LogP contribution < -0.4 is 9.64 Å². The van der Waals surface area contributed by atoms with Gasteiger partial charge >= 0.3 is 0 Å². The number of nitrogens with zero attached hydrogens (tertiary/aromatic N) is 4. The van der Waals surface area contributed by atoms with E-state index in [1.165, 1.54) is 37.6 Å². The molecule has 2 aromatic heterocycles. The summed E-state index contributed by atoms with van der Waals surface area (Å²) in [6.07, 6.45) is 7.94. The van der Waals surface area contributed by atoms with Gasteiger partial charge in [-0.3, -0.25) is 0 Å². The lowest BCUT2D eigenvalue weighted by Gasteiger charge is -2.32. The zero-order chi connectivity index (χ0) is 21.7. The molecule has 1 aliphatic rings. The highest BCUT2D eigenvalue weighted by Crippen LogP contribution is 2.39. The number of aromatic nitrogens is 3. The van der Waals surface area contributed by atoms with E-state index in [1.54, 1.807) is 0 Å². The Bertz CT molecular complexity index is 1410. The molecule has 31 heavy (non-hydrogen) atoms. The van der Waals surface area contributed by atoms with Crippen molar-refractivity contribution in [1.29, 1.82) is 0 Å². The molecule has 6 nitrogen and oxygen atoms in total. The molecule has 1 N–H and O–H groups in total. The molecule has 0 saturated carbocycles. The van der Waals surface area contributed by atoms with Crippen molar-refractivity contribution in [3.63, 3.8) is 0 Å². The highest BCUT2D eigenvalue weighted by Gasteiger charge is 2.26. The third kappa shape index (κ3) is 2.89. The topological polar surface area (TPSA) is 71.4 Å². The molecular weight excluding hydrogens is 402 g/mol. The summed E-state index contributed by atoms with van der Waals surface area (Å²) in [6, 6.07) is 5.46. The largest absolute Gasteiger partial charge is 0.508 e. The van der Waals surface area contributed by atoms with Crippen molar-refractivity contribution in [1.82, 2.24) is 15.0 Å². The molecular formula is C23H16F2N4O2. The van der Waals surface area contributed by atoms with Crippen LogP contribution in [0.25, 0.3) is 33.1 Å². The van der Waals surface area contributed by atoms with E-state index in [4.69, 9.17) is 11.2 Å². The quantitative estimate of drug-likeness (QED) is 0.507. The maximum absolute atomic E-state index is 15.8. The van der Waals surface area contributed by atoms with Gasteiger partial charge in [-0.2, -0.15) is 0 Å². The van der Waals surface area contributed by atoms with Crippen LogP contribution in [0.4, 0.5) is 14.6 Å². The smallest absolute Gasteiger partial charge is 0.232 e. The lowest BCUT2D eigenvalue weighted by Crippen LogP contribution is -2.38. The molecule has 4 aromatic rings. The zero-order valence-electron chi connectivity index (χ0n) is 16.5. The second-order valence-electron chi connectivity index (χ2n) is 7.21. The summed E-state index contributed by atoms with van der Waals surface area (Å²) in [7, 11) is 1.41. The molecule has 0 unspecified atom stereocenters. The van der Waals surface area contributed by atoms with Crippen molar-refractivity contribution in [2.24, 2.45) is 0 Å². The van der Waals surface area contributed by atoms with Crippen LogP contribution >= 0.6 is 0 Å². The standard InChI is InChI=1S/C23H16F2N4O2/c1-3-14-16(24)6-5-12-9-13(30)10-15(18(12)14)20-19(25)21-22(26-11-17(27-21)31-2)23(28-20)29-7-4-8-29/h1,5-6,9-11,30H,4,7-8H2,2H3. The number of hydrogen-bond donors (Lipinski definition) is 1. The van der Waals surface area contributed by atoms with Gasteiger partial charge in [-0.05, 0) is 30.0 Å². The third-order valence-corrected chi connectivity index (χ3v) is 5.41. The molecule has 0 amide bonds. The van der Waals surface area contributed by atoms with Gasteiger partial charge in [-0.1, -0.05) is 12.0 Å². The second kappa shape index (κ2) is 7.06. The molecule has 1 aliphatic heterocycles. The predicted molar refractivity (Wildman–Crippen MR) is 113 cm³/mol. The third-order valence-electron chi connectivity index (χ3n) is 5.41. The number of aromatic hydroxyl groups is 1. The first-order valence-electron chi connectivity index (χ1n) is 9.59. The Morgan fingerprint density at radius 1 is 1.16 bits per heavy atom. The Morgan fingerprint density at radius 2 is 1.97 bits per heavy atom. The molecule has 0 aliphatic carbocycles. The molecule has 0 spiro atoms. The molecule has 8 heteroatoms. The summed E-state index contributed by atoms with van der Waals surface area (Å²) in [5.41, 5.74) is 0.320. The number of hydrogen-bond acceptors (Lipinski definition) is 6. The maximum atomic E-state index is 15.8. The van der Waals surface area contributed by atoms with Gasteiger partial charge < -0.3 is 14.7 Å². The van der Waals surface area contributed by atoms with Crippen LogP contribution in [0.15, 0.2) is 30.5 Å². The Hall–Kier alpha value is -3.99. The fourth-order valence-corrected chi connectivity index (χ4v) is 3.79. The lowest BCUT2D eigenvalue weighted by atomic mass is 9.95. The Balaban J connectivity index is 1.92. The van der Waals surface area contributed by atoms with Crippen LogP contribution in [0.5, 0.6) is 11.6 Å². The number of anilines is 1. The van der Waals surface area contributed by atoms with E-state index in [0.717, 1.165) is 19.5 Å². The Labute approximate surface area is 176 Å². The van der Waals surface area contributed by atoms with Gasteiger partial charge in [-0.15, -0.1) is 6.42 Å². The number of methoxy groups -OCH3 is 1. The minimum Gasteiger partial charge on any atom is -0.508 e. The van der Waals surface area contributed by atoms with Crippen LogP contribution in [0.3, 0.4) is 0 Å². The fourth-order valence-electron chi connectivity index (χ4n) is 3.79. The van der Waals surface area contributed by atoms with E-state index in [9.17, 15) is 9.50 Å². The van der Waals surface area contributed by atoms with Gasteiger partial charge in [-0.25, -0.2) is 23.7 Å². The van der Waals surface area contributed by atoms with Crippen molar-refractivity contribution < 1.29 is 18.6 Å². The van der Waals surface area contributed by atoms with Crippen molar-refractivity contribution in [2.75, 3.05) is 25.1 Å². The summed E-state index contributed by atoms with van der Waals surface area (Å²) >= 11 is 0. The van der Waals surface area contributed by atoms with Crippen LogP contribution in [0.2, 0.25) is 0 Å². The molecule has 1 saturated heterocycles. The molecule has 1 fully saturated rings. The highest BCUT2D eigenvalue weighted by molar-refractivity contribution is 6.03. The van der Waals surface area contributed by atoms with E-state index >= 15 is 4.39 Å². The predicted octanol–water partition coefficient (Wildman–Crippen LogP) is 4.03. The number of phenolic OH excluding ortho intramolecular Hbond substituents is 1. The van der Waals surface area contributed by atoms with E-state index in [0.29, 0.717) is 16.7 Å². The number of benzene rings is 2. The minimum absolute atomic E-state index is 0.0265. The summed E-state index contributed by atoms with van der Waals surface area (Å²) in [5, 5.41) is 11.0. The summed E-state index contributed by atoms with van der Waals surface area (Å²) in [4.78, 5) is 15.1. The molecule has 3 heterocycles. The number of ether oxygens (including phenoxy) is 1. The minimum atomic E-state index is -0.759. The van der Waals surface area contributed by atoms with E-state index < -0.39 is 11.6 Å². The van der Waals surface area contributed by atoms with Gasteiger partial charge in [0.2, 0.25) is 5.88 Å². The van der Waals surface area contributed by atoms with E-state index in [1.807, 2.05) is 4.90 Å². The number of terminal acetylenes is 1. The van der Waals surface area contributed by atoms with Crippen LogP contribution in [0.1, 0.15) is 12.0 Å². The molecule has 0 atom stereocenters. The molecule has 5 rings (SSSR count). The first-order valence-corrected chi connectivity index (χ1v) is 9.59. The van der Waals surface area contributed by atoms with E-state index in [2.05, 4.69) is 20.9 Å². The van der Waals surface area contributed by atoms with Crippen LogP contribution in [0, 0.1) is 24.0 Å². The van der Waals surface area contributed by atoms with Crippen LogP contribution in [-0.2, 0) is 0 Å². The van der Waals surface area contributed by atoms with E-state index in [-0.39, 0.29) is 39.4 Å². The fraction of sp³-hybridized carbons (Fsp3) is 0.174. The average Bonchev–Trinajstić information content (AvgIpc) is 2.73. The summed E-state index contributed by atoms with van der Waals surface area (Å²) in [5.74, 6) is 1.44. The summed E-state index contributed by atoms with van der Waals surface area (Å²) < 4.78 is 35.4. The number of rotatable bonds is 3. The molecule has 154 valence electrons. The lowest BCUT2D eigenvalue weighted by molar-refractivity contribution is 0.397. The Morgan fingerprint density at radius 3 is 2.65 bits per heavy atom. The average molecular weight is 418 g/mol. The first-order chi connectivity index (χ1) is 15.0. The van der Waals surface area contributed by atoms with Gasteiger partial charge in [0.05, 0.1) is 18.9 Å². The van der Waals surface area contributed by atoms with Gasteiger partial charge in [0.25, 0.3) is 0 Å². The zero-order valence-corrected chi connectivity index (χ0v) is 16.5. The number of halogens is 2. The molecule has 0 radical (unpaired) electrons. The van der Waals surface area contributed by atoms with Crippen molar-refractivity contribution in [2.45, 2.75) is 6.42 Å². The molecule has 0 bridgehead atoms. The van der Waals surface area contributed by atoms with Crippen LogP contribution in [-0.4, -0.2) is 40.3 Å². The summed E-state index contributed by atoms with van der Waals surface area (Å²) in [6.45, 7) is 1.48. The highest BCUT2D eigenvalue weighted by atomic mass is 19.1. The van der Waals surface area contributed by atoms with Crippen molar-refractivity contribution >= 4 is 27.6 Å². The monoisotopic (exact) mass is 418 g/mol. The number of phenols is 1. The molecule has 2 aromatic carbocycles.